The normalized spacial score (nSPS) is 11.0. The predicted octanol–water partition coefficient (Wildman–Crippen LogP) is 5.64. The number of anilines is 1. The Bertz CT molecular complexity index is 1260. The maximum Gasteiger partial charge on any atom is 0.236 e. The molecule has 0 saturated carbocycles. The summed E-state index contributed by atoms with van der Waals surface area (Å²) >= 11 is 13.5. The number of carbonyl (C=O) groups excluding carboxylic acids is 1. The van der Waals surface area contributed by atoms with Crippen molar-refractivity contribution in [2.45, 2.75) is 25.5 Å². The summed E-state index contributed by atoms with van der Waals surface area (Å²) in [6, 6.07) is 11.8. The fourth-order valence-corrected chi connectivity index (χ4v) is 4.19. The Morgan fingerprint density at radius 1 is 1.16 bits per heavy atom. The van der Waals surface area contributed by atoms with Gasteiger partial charge in [-0.3, -0.25) is 9.36 Å². The molecule has 0 radical (unpaired) electrons. The van der Waals surface area contributed by atoms with E-state index in [-0.39, 0.29) is 17.5 Å². The Labute approximate surface area is 199 Å². The Morgan fingerprint density at radius 2 is 1.94 bits per heavy atom. The van der Waals surface area contributed by atoms with Gasteiger partial charge >= 0.3 is 0 Å². The number of hydrogen-bond acceptors (Lipinski definition) is 6. The van der Waals surface area contributed by atoms with E-state index in [2.05, 4.69) is 20.5 Å². The monoisotopic (exact) mass is 487 g/mol. The fraction of sp³-hybridized carbons (Fsp3) is 0.182. The molecule has 0 spiro atoms. The number of nitrogens with zero attached hydrogens (tertiary/aromatic N) is 4. The molecule has 1 N–H and O–H groups in total. The van der Waals surface area contributed by atoms with Crippen LogP contribution in [0.25, 0.3) is 11.4 Å². The van der Waals surface area contributed by atoms with Crippen LogP contribution in [0.4, 0.5) is 5.82 Å². The van der Waals surface area contributed by atoms with E-state index in [1.165, 1.54) is 18.0 Å². The summed E-state index contributed by atoms with van der Waals surface area (Å²) in [6.07, 6.45) is 3.08. The lowest BCUT2D eigenvalue weighted by Gasteiger charge is -2.11. The third kappa shape index (κ3) is 4.82. The van der Waals surface area contributed by atoms with E-state index in [9.17, 15) is 4.79 Å². The van der Waals surface area contributed by atoms with Crippen molar-refractivity contribution in [2.24, 2.45) is 0 Å². The van der Waals surface area contributed by atoms with Crippen LogP contribution in [-0.2, 0) is 11.3 Å². The first kappa shape index (κ1) is 22.4. The number of nitrogens with one attached hydrogen (secondary N) is 1. The quantitative estimate of drug-likeness (QED) is 0.339. The largest absolute Gasteiger partial charge is 0.469 e. The number of carbonyl (C=O) groups is 1. The van der Waals surface area contributed by atoms with Crippen molar-refractivity contribution in [2.75, 3.05) is 11.1 Å². The number of aryl methyl sites for hydroxylation is 1. The number of furan rings is 1. The number of thioether (sulfide) groups is 1. The van der Waals surface area contributed by atoms with Gasteiger partial charge in [-0.25, -0.2) is 4.98 Å². The summed E-state index contributed by atoms with van der Waals surface area (Å²) in [6.45, 7) is 4.20. The first-order chi connectivity index (χ1) is 15.4. The average Bonchev–Trinajstić information content (AvgIpc) is 3.39. The third-order valence-corrected chi connectivity index (χ3v) is 6.60. The number of halogens is 2. The Balaban J connectivity index is 1.54. The summed E-state index contributed by atoms with van der Waals surface area (Å²) in [5, 5.41) is 12.8. The molecule has 10 heteroatoms. The van der Waals surface area contributed by atoms with Gasteiger partial charge in [0.1, 0.15) is 5.76 Å². The number of rotatable bonds is 7. The van der Waals surface area contributed by atoms with E-state index >= 15 is 0 Å². The maximum atomic E-state index is 12.6. The predicted molar refractivity (Wildman–Crippen MR) is 126 cm³/mol. The van der Waals surface area contributed by atoms with Crippen LogP contribution in [-0.4, -0.2) is 31.4 Å². The van der Waals surface area contributed by atoms with Gasteiger partial charge in [0.25, 0.3) is 0 Å². The summed E-state index contributed by atoms with van der Waals surface area (Å²) < 4.78 is 7.42. The summed E-state index contributed by atoms with van der Waals surface area (Å²) in [4.78, 5) is 16.7. The number of aromatic nitrogens is 4. The Morgan fingerprint density at radius 3 is 2.66 bits per heavy atom. The zero-order chi connectivity index (χ0) is 22.7. The van der Waals surface area contributed by atoms with Gasteiger partial charge in [0.05, 0.1) is 34.2 Å². The summed E-state index contributed by atoms with van der Waals surface area (Å²) in [7, 11) is 0. The standard InChI is InChI=1S/C22H19Cl2N5O2S/c1-13-17(23)10-25-20(19(13)24)26-18(30)12-32-22-28-27-21(16-8-9-31-14(16)2)29(22)11-15-6-4-3-5-7-15/h3-10H,11-12H2,1-2H3,(H,25,26,30). The molecule has 4 rings (SSSR count). The van der Waals surface area contributed by atoms with Crippen molar-refractivity contribution in [3.05, 3.63) is 75.8 Å². The van der Waals surface area contributed by atoms with Crippen molar-refractivity contribution in [3.8, 4) is 11.4 Å². The smallest absolute Gasteiger partial charge is 0.236 e. The van der Waals surface area contributed by atoms with E-state index in [4.69, 9.17) is 27.6 Å². The minimum atomic E-state index is -0.263. The van der Waals surface area contributed by atoms with E-state index < -0.39 is 0 Å². The zero-order valence-corrected chi connectivity index (χ0v) is 19.6. The van der Waals surface area contributed by atoms with Crippen LogP contribution in [0.3, 0.4) is 0 Å². The van der Waals surface area contributed by atoms with Gasteiger partial charge in [-0.2, -0.15) is 0 Å². The van der Waals surface area contributed by atoms with Crippen LogP contribution in [0.2, 0.25) is 10.0 Å². The highest BCUT2D eigenvalue weighted by Crippen LogP contribution is 2.30. The topological polar surface area (TPSA) is 85.8 Å². The Kier molecular flexibility index (Phi) is 6.83. The van der Waals surface area contributed by atoms with E-state index in [0.29, 0.717) is 33.1 Å². The molecule has 1 aromatic carbocycles. The van der Waals surface area contributed by atoms with Crippen molar-refractivity contribution >= 4 is 46.7 Å². The highest BCUT2D eigenvalue weighted by atomic mass is 35.5. The third-order valence-electron chi connectivity index (χ3n) is 4.79. The molecule has 7 nitrogen and oxygen atoms in total. The number of amides is 1. The van der Waals surface area contributed by atoms with Crippen molar-refractivity contribution in [1.82, 2.24) is 19.7 Å². The van der Waals surface area contributed by atoms with Crippen LogP contribution in [0.5, 0.6) is 0 Å². The molecule has 0 aliphatic heterocycles. The Hall–Kier alpha value is -2.81. The lowest BCUT2D eigenvalue weighted by molar-refractivity contribution is -0.113. The highest BCUT2D eigenvalue weighted by molar-refractivity contribution is 7.99. The second-order valence-corrected chi connectivity index (χ2v) is 8.73. The molecule has 0 unspecified atom stereocenters. The van der Waals surface area contributed by atoms with Gasteiger partial charge < -0.3 is 9.73 Å². The van der Waals surface area contributed by atoms with Crippen LogP contribution in [0, 0.1) is 13.8 Å². The lowest BCUT2D eigenvalue weighted by Crippen LogP contribution is -2.16. The maximum absolute atomic E-state index is 12.6. The van der Waals surface area contributed by atoms with Gasteiger partial charge in [0.2, 0.25) is 5.91 Å². The number of benzene rings is 1. The van der Waals surface area contributed by atoms with Crippen LogP contribution < -0.4 is 5.32 Å². The molecule has 32 heavy (non-hydrogen) atoms. The molecule has 0 aliphatic carbocycles. The molecule has 0 saturated heterocycles. The van der Waals surface area contributed by atoms with Crippen molar-refractivity contribution in [1.29, 1.82) is 0 Å². The number of hydrogen-bond donors (Lipinski definition) is 1. The first-order valence-electron chi connectivity index (χ1n) is 9.69. The fourth-order valence-electron chi connectivity index (χ4n) is 3.06. The second kappa shape index (κ2) is 9.77. The van der Waals surface area contributed by atoms with Crippen LogP contribution in [0.1, 0.15) is 16.9 Å². The minimum absolute atomic E-state index is 0.108. The highest BCUT2D eigenvalue weighted by Gasteiger charge is 2.19. The first-order valence-corrected chi connectivity index (χ1v) is 11.4. The van der Waals surface area contributed by atoms with E-state index in [1.54, 1.807) is 13.2 Å². The van der Waals surface area contributed by atoms with Gasteiger partial charge in [0.15, 0.2) is 16.8 Å². The molecule has 4 aromatic rings. The van der Waals surface area contributed by atoms with E-state index in [0.717, 1.165) is 16.9 Å². The van der Waals surface area contributed by atoms with E-state index in [1.807, 2.05) is 47.9 Å². The van der Waals surface area contributed by atoms with Crippen LogP contribution in [0.15, 0.2) is 58.4 Å². The molecule has 0 atom stereocenters. The van der Waals surface area contributed by atoms with Gasteiger partial charge in [0, 0.05) is 6.20 Å². The molecule has 3 heterocycles. The molecule has 1 amide bonds. The molecule has 164 valence electrons. The lowest BCUT2D eigenvalue weighted by atomic mass is 10.2. The average molecular weight is 488 g/mol. The molecular formula is C22H19Cl2N5O2S. The summed E-state index contributed by atoms with van der Waals surface area (Å²) in [5.41, 5.74) is 2.61. The second-order valence-electron chi connectivity index (χ2n) is 7.00. The van der Waals surface area contributed by atoms with Gasteiger partial charge in [-0.15, -0.1) is 10.2 Å². The zero-order valence-electron chi connectivity index (χ0n) is 17.3. The number of pyridine rings is 1. The SMILES string of the molecule is Cc1occc1-c1nnc(SCC(=O)Nc2ncc(Cl)c(C)c2Cl)n1Cc1ccccc1. The van der Waals surface area contributed by atoms with Crippen LogP contribution >= 0.6 is 35.0 Å². The molecular weight excluding hydrogens is 469 g/mol. The molecule has 0 fully saturated rings. The van der Waals surface area contributed by atoms with Crippen molar-refractivity contribution < 1.29 is 9.21 Å². The minimum Gasteiger partial charge on any atom is -0.469 e. The summed E-state index contributed by atoms with van der Waals surface area (Å²) in [5.74, 6) is 1.55. The molecule has 3 aromatic heterocycles. The molecule has 0 bridgehead atoms. The van der Waals surface area contributed by atoms with Crippen molar-refractivity contribution in [3.63, 3.8) is 0 Å². The molecule has 0 aliphatic rings. The van der Waals surface area contributed by atoms with Gasteiger partial charge in [-0.05, 0) is 31.0 Å². The van der Waals surface area contributed by atoms with Gasteiger partial charge in [-0.1, -0.05) is 65.3 Å².